The molecule has 0 radical (unpaired) electrons. The molecular formula is C13H21N3O2. The molecule has 0 spiro atoms. The Labute approximate surface area is 107 Å². The van der Waals surface area contributed by atoms with Gasteiger partial charge in [-0.15, -0.1) is 0 Å². The van der Waals surface area contributed by atoms with Crippen molar-refractivity contribution in [3.05, 3.63) is 33.7 Å². The second-order valence-electron chi connectivity index (χ2n) is 4.39. The third-order valence-electron chi connectivity index (χ3n) is 3.01. The highest BCUT2D eigenvalue weighted by Crippen LogP contribution is 2.04. The molecule has 100 valence electrons. The Morgan fingerprint density at radius 2 is 2.11 bits per heavy atom. The van der Waals surface area contributed by atoms with Crippen LogP contribution in [0.1, 0.15) is 43.9 Å². The van der Waals surface area contributed by atoms with Crippen LogP contribution in [0, 0.1) is 6.92 Å². The monoisotopic (exact) mass is 251 g/mol. The number of nitrogens with two attached hydrogens (primary N) is 1. The van der Waals surface area contributed by atoms with E-state index in [9.17, 15) is 4.79 Å². The Morgan fingerprint density at radius 3 is 2.72 bits per heavy atom. The van der Waals surface area contributed by atoms with Gasteiger partial charge >= 0.3 is 0 Å². The number of oxime groups is 1. The van der Waals surface area contributed by atoms with Crippen LogP contribution in [0.15, 0.2) is 22.1 Å². The maximum Gasteiger partial charge on any atom is 0.261 e. The number of aromatic nitrogens is 1. The minimum atomic E-state index is -0.193. The summed E-state index contributed by atoms with van der Waals surface area (Å²) in [6.45, 7) is 4.71. The SMILES string of the molecule is CCCCCCn1c(C)ccc(/C(N)=N/O)c1=O. The molecule has 0 saturated carbocycles. The number of amidine groups is 1. The molecule has 0 aliphatic heterocycles. The minimum absolute atomic E-state index is 0.137. The molecule has 0 fully saturated rings. The Bertz CT molecular complexity index is 478. The van der Waals surface area contributed by atoms with E-state index < -0.39 is 0 Å². The van der Waals surface area contributed by atoms with Crippen LogP contribution in [0.4, 0.5) is 0 Å². The van der Waals surface area contributed by atoms with Crippen molar-refractivity contribution in [2.45, 2.75) is 46.1 Å². The zero-order valence-corrected chi connectivity index (χ0v) is 11.0. The lowest BCUT2D eigenvalue weighted by Gasteiger charge is -2.11. The van der Waals surface area contributed by atoms with E-state index in [0.717, 1.165) is 25.0 Å². The Kier molecular flexibility index (Phi) is 5.42. The maximum atomic E-state index is 12.1. The fourth-order valence-corrected chi connectivity index (χ4v) is 1.89. The van der Waals surface area contributed by atoms with Crippen molar-refractivity contribution < 1.29 is 5.21 Å². The largest absolute Gasteiger partial charge is 0.409 e. The van der Waals surface area contributed by atoms with Gasteiger partial charge in [-0.1, -0.05) is 31.3 Å². The molecule has 18 heavy (non-hydrogen) atoms. The lowest BCUT2D eigenvalue weighted by molar-refractivity contribution is 0.318. The smallest absolute Gasteiger partial charge is 0.261 e. The van der Waals surface area contributed by atoms with Crippen molar-refractivity contribution in [2.24, 2.45) is 10.9 Å². The van der Waals surface area contributed by atoms with Gasteiger partial charge in [-0.05, 0) is 25.5 Å². The molecule has 0 aliphatic rings. The first kappa shape index (κ1) is 14.3. The van der Waals surface area contributed by atoms with Gasteiger partial charge in [0.2, 0.25) is 0 Å². The highest BCUT2D eigenvalue weighted by Gasteiger charge is 2.09. The molecule has 0 amide bonds. The molecule has 0 atom stereocenters. The summed E-state index contributed by atoms with van der Waals surface area (Å²) in [6, 6.07) is 3.41. The Hall–Kier alpha value is -1.78. The molecule has 1 aromatic rings. The number of unbranched alkanes of at least 4 members (excludes halogenated alkanes) is 3. The molecule has 0 saturated heterocycles. The van der Waals surface area contributed by atoms with E-state index >= 15 is 0 Å². The standard InChI is InChI=1S/C13H21N3O2/c1-3-4-5-6-9-16-10(2)7-8-11(13(16)17)12(14)15-18/h7-8,18H,3-6,9H2,1-2H3,(H2,14,15). The molecule has 1 heterocycles. The van der Waals surface area contributed by atoms with Crippen molar-refractivity contribution in [3.63, 3.8) is 0 Å². The van der Waals surface area contributed by atoms with Gasteiger partial charge in [0.05, 0.1) is 5.56 Å². The average molecular weight is 251 g/mol. The van der Waals surface area contributed by atoms with Crippen molar-refractivity contribution in [1.29, 1.82) is 0 Å². The van der Waals surface area contributed by atoms with Crippen LogP contribution in [-0.4, -0.2) is 15.6 Å². The minimum Gasteiger partial charge on any atom is -0.409 e. The van der Waals surface area contributed by atoms with Crippen LogP contribution < -0.4 is 11.3 Å². The third-order valence-corrected chi connectivity index (χ3v) is 3.01. The number of nitrogens with zero attached hydrogens (tertiary/aromatic N) is 2. The number of hydrogen-bond acceptors (Lipinski definition) is 3. The number of aryl methyl sites for hydroxylation is 1. The second-order valence-corrected chi connectivity index (χ2v) is 4.39. The van der Waals surface area contributed by atoms with Crippen LogP contribution in [0.5, 0.6) is 0 Å². The molecule has 1 aromatic heterocycles. The highest BCUT2D eigenvalue weighted by atomic mass is 16.4. The molecule has 0 unspecified atom stereocenters. The van der Waals surface area contributed by atoms with Crippen molar-refractivity contribution >= 4 is 5.84 Å². The van der Waals surface area contributed by atoms with Crippen LogP contribution in [-0.2, 0) is 6.54 Å². The van der Waals surface area contributed by atoms with Crippen molar-refractivity contribution in [3.8, 4) is 0 Å². The third kappa shape index (κ3) is 3.35. The Morgan fingerprint density at radius 1 is 1.39 bits per heavy atom. The fourth-order valence-electron chi connectivity index (χ4n) is 1.89. The maximum absolute atomic E-state index is 12.1. The van der Waals surface area contributed by atoms with Gasteiger partial charge in [-0.3, -0.25) is 4.79 Å². The number of pyridine rings is 1. The van der Waals surface area contributed by atoms with Crippen LogP contribution in [0.3, 0.4) is 0 Å². The fraction of sp³-hybridized carbons (Fsp3) is 0.538. The van der Waals surface area contributed by atoms with E-state index in [2.05, 4.69) is 12.1 Å². The molecule has 0 bridgehead atoms. The van der Waals surface area contributed by atoms with Gasteiger partial charge in [0.25, 0.3) is 5.56 Å². The van der Waals surface area contributed by atoms with Gasteiger partial charge in [0.15, 0.2) is 5.84 Å². The zero-order chi connectivity index (χ0) is 13.5. The summed E-state index contributed by atoms with van der Waals surface area (Å²) in [5, 5.41) is 11.5. The van der Waals surface area contributed by atoms with E-state index in [-0.39, 0.29) is 17.0 Å². The van der Waals surface area contributed by atoms with Crippen molar-refractivity contribution in [2.75, 3.05) is 0 Å². The van der Waals surface area contributed by atoms with Gasteiger partial charge < -0.3 is 15.5 Å². The predicted octanol–water partition coefficient (Wildman–Crippen LogP) is 1.83. The van der Waals surface area contributed by atoms with E-state index in [1.165, 1.54) is 6.42 Å². The van der Waals surface area contributed by atoms with Gasteiger partial charge in [-0.2, -0.15) is 0 Å². The summed E-state index contributed by atoms with van der Waals surface area (Å²) in [6.07, 6.45) is 4.41. The molecule has 5 nitrogen and oxygen atoms in total. The van der Waals surface area contributed by atoms with E-state index in [0.29, 0.717) is 6.54 Å². The summed E-state index contributed by atoms with van der Waals surface area (Å²) >= 11 is 0. The van der Waals surface area contributed by atoms with E-state index in [1.54, 1.807) is 10.6 Å². The predicted molar refractivity (Wildman–Crippen MR) is 72.1 cm³/mol. The van der Waals surface area contributed by atoms with E-state index in [1.807, 2.05) is 13.0 Å². The molecule has 5 heteroatoms. The molecular weight excluding hydrogens is 230 g/mol. The van der Waals surface area contributed by atoms with Gasteiger partial charge in [0.1, 0.15) is 0 Å². The second kappa shape index (κ2) is 6.83. The summed E-state index contributed by atoms with van der Waals surface area (Å²) in [5.74, 6) is -0.137. The molecule has 0 aliphatic carbocycles. The van der Waals surface area contributed by atoms with Crippen LogP contribution in [0.2, 0.25) is 0 Å². The molecule has 3 N–H and O–H groups in total. The van der Waals surface area contributed by atoms with Crippen LogP contribution in [0.25, 0.3) is 0 Å². The first-order valence-corrected chi connectivity index (χ1v) is 6.30. The van der Waals surface area contributed by atoms with Gasteiger partial charge in [0, 0.05) is 12.2 Å². The normalized spacial score (nSPS) is 11.8. The zero-order valence-electron chi connectivity index (χ0n) is 11.0. The van der Waals surface area contributed by atoms with Gasteiger partial charge in [-0.25, -0.2) is 0 Å². The first-order valence-electron chi connectivity index (χ1n) is 6.30. The van der Waals surface area contributed by atoms with Crippen molar-refractivity contribution in [1.82, 2.24) is 4.57 Å². The number of hydrogen-bond donors (Lipinski definition) is 2. The summed E-state index contributed by atoms with van der Waals surface area (Å²) in [7, 11) is 0. The lowest BCUT2D eigenvalue weighted by atomic mass is 10.2. The quantitative estimate of drug-likeness (QED) is 0.266. The molecule has 1 rings (SSSR count). The summed E-state index contributed by atoms with van der Waals surface area (Å²) in [4.78, 5) is 12.1. The first-order chi connectivity index (χ1) is 8.61. The Balaban J connectivity index is 2.93. The molecule has 0 aromatic carbocycles. The number of rotatable bonds is 6. The summed E-state index contributed by atoms with van der Waals surface area (Å²) in [5.41, 5.74) is 6.43. The van der Waals surface area contributed by atoms with Crippen LogP contribution >= 0.6 is 0 Å². The topological polar surface area (TPSA) is 80.6 Å². The average Bonchev–Trinajstić information content (AvgIpc) is 2.37. The lowest BCUT2D eigenvalue weighted by Crippen LogP contribution is -2.31. The highest BCUT2D eigenvalue weighted by molar-refractivity contribution is 5.96. The summed E-state index contributed by atoms with van der Waals surface area (Å²) < 4.78 is 1.68. The van der Waals surface area contributed by atoms with E-state index in [4.69, 9.17) is 10.9 Å².